The standard InChI is InChI=1S/C22H22FN3O2/c1-24-21(27)19(17-7-9-18(23)10-8-17)20(22(24)28)26-13-11-25(12-14-26)15-16-5-3-2-4-6-16/h2-10H,11-15H2,1H3. The Kier molecular flexibility index (Phi) is 4.96. The van der Waals surface area contributed by atoms with E-state index < -0.39 is 0 Å². The summed E-state index contributed by atoms with van der Waals surface area (Å²) in [5.74, 6) is -0.996. The zero-order chi connectivity index (χ0) is 19.7. The number of rotatable bonds is 4. The molecular formula is C22H22FN3O2. The summed E-state index contributed by atoms with van der Waals surface area (Å²) < 4.78 is 13.3. The van der Waals surface area contributed by atoms with Gasteiger partial charge in [-0.25, -0.2) is 4.39 Å². The molecular weight excluding hydrogens is 357 g/mol. The lowest BCUT2D eigenvalue weighted by Crippen LogP contribution is -2.46. The molecule has 4 rings (SSSR count). The van der Waals surface area contributed by atoms with E-state index in [2.05, 4.69) is 17.0 Å². The molecule has 0 unspecified atom stereocenters. The number of nitrogens with zero attached hydrogens (tertiary/aromatic N) is 3. The maximum atomic E-state index is 13.3. The molecule has 28 heavy (non-hydrogen) atoms. The number of likely N-dealkylation sites (N-methyl/N-ethyl adjacent to an activating group) is 1. The van der Waals surface area contributed by atoms with Gasteiger partial charge in [-0.2, -0.15) is 0 Å². The molecule has 1 fully saturated rings. The molecule has 0 N–H and O–H groups in total. The normalized spacial score (nSPS) is 18.4. The monoisotopic (exact) mass is 379 g/mol. The predicted octanol–water partition coefficient (Wildman–Crippen LogP) is 2.35. The molecule has 5 nitrogen and oxygen atoms in total. The number of carbonyl (C=O) groups is 2. The number of carbonyl (C=O) groups excluding carboxylic acids is 2. The lowest BCUT2D eigenvalue weighted by atomic mass is 10.0. The number of amides is 2. The van der Waals surface area contributed by atoms with E-state index >= 15 is 0 Å². The zero-order valence-electron chi connectivity index (χ0n) is 15.8. The van der Waals surface area contributed by atoms with Crippen molar-refractivity contribution in [1.29, 1.82) is 0 Å². The van der Waals surface area contributed by atoms with E-state index in [1.54, 1.807) is 12.1 Å². The van der Waals surface area contributed by atoms with Crippen LogP contribution in [0.25, 0.3) is 5.57 Å². The minimum Gasteiger partial charge on any atom is -0.364 e. The number of hydrogen-bond acceptors (Lipinski definition) is 4. The van der Waals surface area contributed by atoms with Crippen LogP contribution >= 0.6 is 0 Å². The largest absolute Gasteiger partial charge is 0.364 e. The first-order valence-corrected chi connectivity index (χ1v) is 9.38. The van der Waals surface area contributed by atoms with E-state index in [1.807, 2.05) is 23.1 Å². The molecule has 2 heterocycles. The van der Waals surface area contributed by atoms with Crippen LogP contribution in [-0.4, -0.2) is 59.7 Å². The van der Waals surface area contributed by atoms with Crippen molar-refractivity contribution in [3.8, 4) is 0 Å². The molecule has 0 bridgehead atoms. The zero-order valence-corrected chi connectivity index (χ0v) is 15.8. The summed E-state index contributed by atoms with van der Waals surface area (Å²) in [5, 5.41) is 0. The third-order valence-corrected chi connectivity index (χ3v) is 5.33. The van der Waals surface area contributed by atoms with Gasteiger partial charge >= 0.3 is 0 Å². The number of halogens is 1. The third-order valence-electron chi connectivity index (χ3n) is 5.33. The van der Waals surface area contributed by atoms with Crippen LogP contribution in [0.5, 0.6) is 0 Å². The smallest absolute Gasteiger partial charge is 0.277 e. The van der Waals surface area contributed by atoms with Gasteiger partial charge in [0.25, 0.3) is 11.8 Å². The van der Waals surface area contributed by atoms with Gasteiger partial charge in [-0.3, -0.25) is 19.4 Å². The summed E-state index contributed by atoms with van der Waals surface area (Å²) in [6.45, 7) is 3.81. The molecule has 2 amide bonds. The van der Waals surface area contributed by atoms with Crippen molar-refractivity contribution in [3.63, 3.8) is 0 Å². The van der Waals surface area contributed by atoms with Gasteiger partial charge in [-0.15, -0.1) is 0 Å². The lowest BCUT2D eigenvalue weighted by Gasteiger charge is -2.36. The Balaban J connectivity index is 1.55. The molecule has 2 aromatic carbocycles. The van der Waals surface area contributed by atoms with E-state index in [4.69, 9.17) is 0 Å². The Morgan fingerprint density at radius 2 is 1.50 bits per heavy atom. The average Bonchev–Trinajstić information content (AvgIpc) is 2.94. The van der Waals surface area contributed by atoms with E-state index in [1.165, 1.54) is 24.7 Å². The first-order valence-electron chi connectivity index (χ1n) is 9.38. The van der Waals surface area contributed by atoms with Crippen LogP contribution in [0.4, 0.5) is 4.39 Å². The van der Waals surface area contributed by atoms with E-state index in [-0.39, 0.29) is 17.6 Å². The Hall–Kier alpha value is -2.99. The summed E-state index contributed by atoms with van der Waals surface area (Å²) in [6.07, 6.45) is 0. The van der Waals surface area contributed by atoms with Crippen molar-refractivity contribution in [2.75, 3.05) is 33.2 Å². The Bertz CT molecular complexity index is 917. The maximum absolute atomic E-state index is 13.3. The van der Waals surface area contributed by atoms with Crippen LogP contribution in [0, 0.1) is 5.82 Å². The first-order chi connectivity index (χ1) is 13.5. The third kappa shape index (κ3) is 3.43. The predicted molar refractivity (Wildman–Crippen MR) is 104 cm³/mol. The second-order valence-corrected chi connectivity index (χ2v) is 7.15. The molecule has 144 valence electrons. The van der Waals surface area contributed by atoms with Crippen LogP contribution in [-0.2, 0) is 16.1 Å². The fraction of sp³-hybridized carbons (Fsp3) is 0.273. The van der Waals surface area contributed by atoms with Crippen molar-refractivity contribution in [3.05, 3.63) is 77.2 Å². The lowest BCUT2D eigenvalue weighted by molar-refractivity contribution is -0.136. The molecule has 0 aromatic heterocycles. The SMILES string of the molecule is CN1C(=O)C(c2ccc(F)cc2)=C(N2CCN(Cc3ccccc3)CC2)C1=O. The Morgan fingerprint density at radius 1 is 0.857 bits per heavy atom. The van der Waals surface area contributed by atoms with E-state index in [0.717, 1.165) is 24.5 Å². The van der Waals surface area contributed by atoms with Crippen molar-refractivity contribution in [2.24, 2.45) is 0 Å². The minimum absolute atomic E-state index is 0.291. The van der Waals surface area contributed by atoms with Crippen LogP contribution in [0.1, 0.15) is 11.1 Å². The van der Waals surface area contributed by atoms with Gasteiger partial charge < -0.3 is 4.90 Å². The highest BCUT2D eigenvalue weighted by Gasteiger charge is 2.40. The minimum atomic E-state index is -0.370. The molecule has 2 aromatic rings. The number of piperazine rings is 1. The fourth-order valence-corrected chi connectivity index (χ4v) is 3.77. The number of imide groups is 1. The highest BCUT2D eigenvalue weighted by Crippen LogP contribution is 2.31. The molecule has 0 spiro atoms. The van der Waals surface area contributed by atoms with Gasteiger partial charge in [-0.05, 0) is 23.3 Å². The van der Waals surface area contributed by atoms with Crippen LogP contribution in [0.3, 0.4) is 0 Å². The number of benzene rings is 2. The molecule has 0 saturated carbocycles. The average molecular weight is 379 g/mol. The maximum Gasteiger partial charge on any atom is 0.277 e. The van der Waals surface area contributed by atoms with Gasteiger partial charge in [0, 0.05) is 39.8 Å². The highest BCUT2D eigenvalue weighted by molar-refractivity contribution is 6.35. The molecule has 2 aliphatic rings. The first kappa shape index (κ1) is 18.4. The summed E-state index contributed by atoms with van der Waals surface area (Å²) in [6, 6.07) is 16.0. The molecule has 1 saturated heterocycles. The summed E-state index contributed by atoms with van der Waals surface area (Å²) >= 11 is 0. The topological polar surface area (TPSA) is 43.9 Å². The molecule has 0 aliphatic carbocycles. The van der Waals surface area contributed by atoms with Gasteiger partial charge in [0.05, 0.1) is 5.57 Å². The van der Waals surface area contributed by atoms with Gasteiger partial charge in [0.2, 0.25) is 0 Å². The molecule has 6 heteroatoms. The summed E-state index contributed by atoms with van der Waals surface area (Å²) in [5.41, 5.74) is 2.63. The van der Waals surface area contributed by atoms with E-state index in [0.29, 0.717) is 29.9 Å². The fourth-order valence-electron chi connectivity index (χ4n) is 3.77. The Labute approximate surface area is 163 Å². The van der Waals surface area contributed by atoms with Crippen molar-refractivity contribution < 1.29 is 14.0 Å². The quantitative estimate of drug-likeness (QED) is 0.765. The van der Waals surface area contributed by atoms with Crippen molar-refractivity contribution in [1.82, 2.24) is 14.7 Å². The van der Waals surface area contributed by atoms with Crippen LogP contribution in [0.2, 0.25) is 0 Å². The highest BCUT2D eigenvalue weighted by atomic mass is 19.1. The molecule has 0 atom stereocenters. The second-order valence-electron chi connectivity index (χ2n) is 7.15. The van der Waals surface area contributed by atoms with Gasteiger partial charge in [0.15, 0.2) is 0 Å². The Morgan fingerprint density at radius 3 is 2.14 bits per heavy atom. The van der Waals surface area contributed by atoms with Crippen LogP contribution in [0.15, 0.2) is 60.3 Å². The second kappa shape index (κ2) is 7.56. The summed E-state index contributed by atoms with van der Waals surface area (Å²) in [4.78, 5) is 30.9. The van der Waals surface area contributed by atoms with Crippen molar-refractivity contribution >= 4 is 17.4 Å². The van der Waals surface area contributed by atoms with Crippen LogP contribution < -0.4 is 0 Å². The van der Waals surface area contributed by atoms with Gasteiger partial charge in [0.1, 0.15) is 11.5 Å². The summed E-state index contributed by atoms with van der Waals surface area (Å²) in [7, 11) is 1.49. The molecule has 2 aliphatic heterocycles. The number of hydrogen-bond donors (Lipinski definition) is 0. The van der Waals surface area contributed by atoms with E-state index in [9.17, 15) is 14.0 Å². The van der Waals surface area contributed by atoms with Crippen molar-refractivity contribution in [2.45, 2.75) is 6.54 Å². The van der Waals surface area contributed by atoms with Gasteiger partial charge in [-0.1, -0.05) is 42.5 Å². The molecule has 0 radical (unpaired) electrons.